The van der Waals surface area contributed by atoms with Crippen molar-refractivity contribution >= 4 is 11.0 Å². The molecule has 2 aromatic carbocycles. The van der Waals surface area contributed by atoms with Gasteiger partial charge >= 0.3 is 0 Å². The molecule has 2 fully saturated rings. The third-order valence-corrected chi connectivity index (χ3v) is 7.24. The highest BCUT2D eigenvalue weighted by Crippen LogP contribution is 2.45. The number of fused-ring (bicyclic) bond motifs is 1. The standard InChI is InChI=1S/C27H30O16/c28-7-15-18(32)21(35)23(37)26(41-15)40-14-6-13-17(11(31)5-12(39-13)9-1-3-10(30)4-2-9)20(34)25(14)43-27-24(38)22(36)19(33)16(8-29)42-27/h1-6,15-16,18-19,21-24,26-30,32-38H,7-8H2/t15-,16-,18-,19-,21-,22-,23+,24+,26-,27+/m1/s1. The smallest absolute Gasteiger partial charge is 0.229 e. The summed E-state index contributed by atoms with van der Waals surface area (Å²) in [7, 11) is 0. The van der Waals surface area contributed by atoms with E-state index < -0.39 is 103 Å². The van der Waals surface area contributed by atoms with Crippen LogP contribution < -0.4 is 14.9 Å². The lowest BCUT2D eigenvalue weighted by Crippen LogP contribution is -2.60. The van der Waals surface area contributed by atoms with Crippen LogP contribution in [0.15, 0.2) is 45.6 Å². The maximum atomic E-state index is 13.2. The van der Waals surface area contributed by atoms with Crippen molar-refractivity contribution in [3.05, 3.63) is 46.6 Å². The van der Waals surface area contributed by atoms with Crippen LogP contribution in [0.1, 0.15) is 0 Å². The van der Waals surface area contributed by atoms with Gasteiger partial charge in [-0.2, -0.15) is 0 Å². The number of hydrogen-bond donors (Lipinski definition) is 10. The van der Waals surface area contributed by atoms with E-state index in [2.05, 4.69) is 0 Å². The fraction of sp³-hybridized carbons (Fsp3) is 0.444. The van der Waals surface area contributed by atoms with E-state index in [9.17, 15) is 55.9 Å². The molecular weight excluding hydrogens is 580 g/mol. The Labute approximate surface area is 241 Å². The molecular formula is C27H30O16. The Bertz CT molecular complexity index is 1490. The summed E-state index contributed by atoms with van der Waals surface area (Å²) < 4.78 is 27.8. The van der Waals surface area contributed by atoms with Gasteiger partial charge in [0.25, 0.3) is 0 Å². The van der Waals surface area contributed by atoms with Gasteiger partial charge in [0.1, 0.15) is 71.3 Å². The molecule has 0 radical (unpaired) electrons. The van der Waals surface area contributed by atoms with E-state index >= 15 is 0 Å². The molecule has 1 aromatic heterocycles. The lowest BCUT2D eigenvalue weighted by molar-refractivity contribution is -0.282. The number of benzene rings is 2. The quantitative estimate of drug-likeness (QED) is 0.130. The van der Waals surface area contributed by atoms with Crippen molar-refractivity contribution in [1.29, 1.82) is 0 Å². The molecule has 3 aromatic rings. The van der Waals surface area contributed by atoms with Gasteiger partial charge in [0.05, 0.1) is 13.2 Å². The minimum absolute atomic E-state index is 0.0123. The lowest BCUT2D eigenvalue weighted by Gasteiger charge is -2.41. The molecule has 10 atom stereocenters. The lowest BCUT2D eigenvalue weighted by atomic mass is 9.99. The molecule has 43 heavy (non-hydrogen) atoms. The number of ether oxygens (including phenoxy) is 4. The number of hydrogen-bond acceptors (Lipinski definition) is 16. The first kappa shape index (κ1) is 30.9. The van der Waals surface area contributed by atoms with Crippen LogP contribution in [0, 0.1) is 0 Å². The monoisotopic (exact) mass is 610 g/mol. The van der Waals surface area contributed by atoms with Crippen LogP contribution in [0.5, 0.6) is 23.0 Å². The van der Waals surface area contributed by atoms with Crippen molar-refractivity contribution < 1.29 is 74.4 Å². The molecule has 0 amide bonds. The van der Waals surface area contributed by atoms with Crippen LogP contribution in [0.3, 0.4) is 0 Å². The molecule has 10 N–H and O–H groups in total. The van der Waals surface area contributed by atoms with E-state index in [1.54, 1.807) is 0 Å². The van der Waals surface area contributed by atoms with Gasteiger partial charge in [0.15, 0.2) is 16.9 Å². The maximum Gasteiger partial charge on any atom is 0.229 e. The normalized spacial score (nSPS) is 32.9. The zero-order valence-corrected chi connectivity index (χ0v) is 22.1. The Hall–Kier alpha value is -3.55. The van der Waals surface area contributed by atoms with Crippen molar-refractivity contribution in [2.24, 2.45) is 0 Å². The molecule has 2 aliphatic heterocycles. The third-order valence-electron chi connectivity index (χ3n) is 7.24. The zero-order chi connectivity index (χ0) is 31.2. The number of aromatic hydroxyl groups is 2. The van der Waals surface area contributed by atoms with Crippen LogP contribution in [0.4, 0.5) is 0 Å². The van der Waals surface area contributed by atoms with Crippen LogP contribution in [-0.2, 0) is 9.47 Å². The van der Waals surface area contributed by atoms with Crippen molar-refractivity contribution in [1.82, 2.24) is 0 Å². The van der Waals surface area contributed by atoms with Gasteiger partial charge in [-0.05, 0) is 24.3 Å². The highest BCUT2D eigenvalue weighted by Gasteiger charge is 2.47. The molecule has 16 heteroatoms. The molecule has 0 aliphatic carbocycles. The SMILES string of the molecule is O=c1cc(-c2ccc(O)cc2)oc2cc(O[C@@H]3O[C@H](CO)[C@@H](O)[C@@H](O)[C@@H]3O)c(O[C@@H]3O[C@H](CO)[C@@H](O)[C@@H](O)[C@@H]3O)c(O)c12. The molecule has 0 unspecified atom stereocenters. The van der Waals surface area contributed by atoms with E-state index in [4.69, 9.17) is 23.4 Å². The molecule has 16 nitrogen and oxygen atoms in total. The van der Waals surface area contributed by atoms with E-state index in [1.807, 2.05) is 0 Å². The van der Waals surface area contributed by atoms with E-state index in [0.29, 0.717) is 5.56 Å². The predicted octanol–water partition coefficient (Wildman–Crippen LogP) is -2.77. The number of aliphatic hydroxyl groups excluding tert-OH is 8. The fourth-order valence-corrected chi connectivity index (χ4v) is 4.80. The Balaban J connectivity index is 1.62. The summed E-state index contributed by atoms with van der Waals surface area (Å²) in [6.45, 7) is -1.58. The predicted molar refractivity (Wildman–Crippen MR) is 140 cm³/mol. The summed E-state index contributed by atoms with van der Waals surface area (Å²) >= 11 is 0. The molecule has 2 saturated heterocycles. The summed E-state index contributed by atoms with van der Waals surface area (Å²) in [5, 5.41) is 101. The zero-order valence-electron chi connectivity index (χ0n) is 22.1. The Morgan fingerprint density at radius 1 is 0.698 bits per heavy atom. The average molecular weight is 611 g/mol. The molecule has 2 aliphatic rings. The highest BCUT2D eigenvalue weighted by molar-refractivity contribution is 5.89. The fourth-order valence-electron chi connectivity index (χ4n) is 4.80. The summed E-state index contributed by atoms with van der Waals surface area (Å²) in [6, 6.07) is 7.71. The van der Waals surface area contributed by atoms with Gasteiger partial charge in [0, 0.05) is 17.7 Å². The van der Waals surface area contributed by atoms with Crippen LogP contribution in [-0.4, -0.2) is 126 Å². The van der Waals surface area contributed by atoms with Crippen molar-refractivity contribution in [3.8, 4) is 34.3 Å². The second-order valence-corrected chi connectivity index (χ2v) is 10.1. The van der Waals surface area contributed by atoms with Gasteiger partial charge < -0.3 is 74.4 Å². The van der Waals surface area contributed by atoms with Gasteiger partial charge in [0.2, 0.25) is 18.3 Å². The Kier molecular flexibility index (Phi) is 8.77. The van der Waals surface area contributed by atoms with Crippen LogP contribution in [0.2, 0.25) is 0 Å². The first-order valence-corrected chi connectivity index (χ1v) is 13.0. The Morgan fingerprint density at radius 2 is 1.23 bits per heavy atom. The van der Waals surface area contributed by atoms with E-state index in [1.165, 1.54) is 24.3 Å². The maximum absolute atomic E-state index is 13.2. The second kappa shape index (κ2) is 12.2. The van der Waals surface area contributed by atoms with Gasteiger partial charge in [-0.1, -0.05) is 0 Å². The molecule has 0 spiro atoms. The summed E-state index contributed by atoms with van der Waals surface area (Å²) in [6.07, 6.45) is -17.5. The number of rotatable bonds is 7. The van der Waals surface area contributed by atoms with E-state index in [-0.39, 0.29) is 17.1 Å². The topological polar surface area (TPSA) is 269 Å². The van der Waals surface area contributed by atoms with Crippen molar-refractivity contribution in [3.63, 3.8) is 0 Å². The molecule has 0 saturated carbocycles. The number of phenols is 2. The minimum Gasteiger partial charge on any atom is -0.508 e. The molecule has 3 heterocycles. The van der Waals surface area contributed by atoms with Crippen LogP contribution in [0.25, 0.3) is 22.3 Å². The summed E-state index contributed by atoms with van der Waals surface area (Å²) in [4.78, 5) is 13.2. The minimum atomic E-state index is -1.94. The first-order chi connectivity index (χ1) is 20.4. The van der Waals surface area contributed by atoms with Crippen molar-refractivity contribution in [2.45, 2.75) is 61.4 Å². The third kappa shape index (κ3) is 5.73. The van der Waals surface area contributed by atoms with Gasteiger partial charge in [-0.25, -0.2) is 0 Å². The second-order valence-electron chi connectivity index (χ2n) is 10.1. The summed E-state index contributed by atoms with van der Waals surface area (Å²) in [5.74, 6) is -2.19. The number of phenolic OH excluding ortho intramolecular Hbond substituents is 2. The molecule has 234 valence electrons. The Morgan fingerprint density at radius 3 is 1.77 bits per heavy atom. The van der Waals surface area contributed by atoms with Crippen LogP contribution >= 0.6 is 0 Å². The van der Waals surface area contributed by atoms with E-state index in [0.717, 1.165) is 12.1 Å². The first-order valence-electron chi connectivity index (χ1n) is 13.0. The largest absolute Gasteiger partial charge is 0.508 e. The van der Waals surface area contributed by atoms with Gasteiger partial charge in [-0.3, -0.25) is 4.79 Å². The van der Waals surface area contributed by atoms with Crippen molar-refractivity contribution in [2.75, 3.05) is 13.2 Å². The molecule has 5 rings (SSSR count). The van der Waals surface area contributed by atoms with Gasteiger partial charge in [-0.15, -0.1) is 0 Å². The average Bonchev–Trinajstić information content (AvgIpc) is 2.99. The highest BCUT2D eigenvalue weighted by atomic mass is 16.7. The summed E-state index contributed by atoms with van der Waals surface area (Å²) in [5.41, 5.74) is -0.692. The molecule has 0 bridgehead atoms. The number of aliphatic hydroxyl groups is 8.